The molecule has 0 amide bonds. The van der Waals surface area contributed by atoms with Gasteiger partial charge in [-0.1, -0.05) is 46.3 Å². The van der Waals surface area contributed by atoms with Gasteiger partial charge in [0.15, 0.2) is 0 Å². The van der Waals surface area contributed by atoms with E-state index in [1.54, 1.807) is 0 Å². The fourth-order valence-corrected chi connectivity index (χ4v) is 2.70. The molecule has 2 rings (SSSR count). The van der Waals surface area contributed by atoms with Crippen molar-refractivity contribution >= 4 is 15.9 Å². The van der Waals surface area contributed by atoms with Crippen molar-refractivity contribution in [3.63, 3.8) is 0 Å². The molecule has 2 nitrogen and oxygen atoms in total. The molecule has 2 aromatic rings. The number of nitrogens with one attached hydrogen (secondary N) is 1. The summed E-state index contributed by atoms with van der Waals surface area (Å²) in [5.74, 6) is 5.75. The third kappa shape index (κ3) is 2.64. The van der Waals surface area contributed by atoms with Crippen LogP contribution in [0.5, 0.6) is 0 Å². The van der Waals surface area contributed by atoms with E-state index in [-0.39, 0.29) is 6.04 Å². The first-order valence-electron chi connectivity index (χ1n) is 5.91. The molecule has 0 aliphatic rings. The predicted octanol–water partition coefficient (Wildman–Crippen LogP) is 3.62. The lowest BCUT2D eigenvalue weighted by Crippen LogP contribution is -2.29. The predicted molar refractivity (Wildman–Crippen MR) is 79.2 cm³/mol. The van der Waals surface area contributed by atoms with Crippen LogP contribution >= 0.6 is 15.9 Å². The lowest BCUT2D eigenvalue weighted by atomic mass is 9.93. The molecule has 94 valence electrons. The van der Waals surface area contributed by atoms with E-state index in [4.69, 9.17) is 5.84 Å². The van der Waals surface area contributed by atoms with Crippen molar-refractivity contribution in [2.24, 2.45) is 5.84 Å². The van der Waals surface area contributed by atoms with Gasteiger partial charge < -0.3 is 0 Å². The van der Waals surface area contributed by atoms with E-state index in [1.165, 1.54) is 22.3 Å². The summed E-state index contributed by atoms with van der Waals surface area (Å²) in [4.78, 5) is 0. The van der Waals surface area contributed by atoms with E-state index in [1.807, 2.05) is 18.2 Å². The first-order chi connectivity index (χ1) is 8.63. The van der Waals surface area contributed by atoms with E-state index in [2.05, 4.69) is 59.5 Å². The minimum Gasteiger partial charge on any atom is -0.271 e. The van der Waals surface area contributed by atoms with Crippen molar-refractivity contribution in [2.45, 2.75) is 19.9 Å². The van der Waals surface area contributed by atoms with E-state index in [0.717, 1.165) is 4.47 Å². The van der Waals surface area contributed by atoms with Gasteiger partial charge in [-0.25, -0.2) is 5.43 Å². The lowest BCUT2D eigenvalue weighted by Gasteiger charge is -2.21. The van der Waals surface area contributed by atoms with Crippen LogP contribution in [0.1, 0.15) is 28.3 Å². The molecule has 3 heteroatoms. The number of nitrogens with two attached hydrogens (primary N) is 1. The highest BCUT2D eigenvalue weighted by molar-refractivity contribution is 9.10. The quantitative estimate of drug-likeness (QED) is 0.671. The van der Waals surface area contributed by atoms with Gasteiger partial charge in [-0.3, -0.25) is 5.84 Å². The number of aryl methyl sites for hydroxylation is 2. The van der Waals surface area contributed by atoms with Crippen LogP contribution in [-0.4, -0.2) is 0 Å². The number of halogens is 1. The topological polar surface area (TPSA) is 38.0 Å². The van der Waals surface area contributed by atoms with Crippen LogP contribution in [0.3, 0.4) is 0 Å². The Labute approximate surface area is 116 Å². The Morgan fingerprint density at radius 1 is 1.00 bits per heavy atom. The summed E-state index contributed by atoms with van der Waals surface area (Å²) in [5.41, 5.74) is 7.79. The molecule has 0 heterocycles. The van der Waals surface area contributed by atoms with E-state index < -0.39 is 0 Å². The average Bonchev–Trinajstić information content (AvgIpc) is 2.34. The maximum Gasteiger partial charge on any atom is 0.0715 e. The number of hydrogen-bond acceptors (Lipinski definition) is 2. The Kier molecular flexibility index (Phi) is 4.17. The van der Waals surface area contributed by atoms with Crippen LogP contribution in [0.4, 0.5) is 0 Å². The molecule has 2 aromatic carbocycles. The molecule has 0 radical (unpaired) electrons. The molecular formula is C15H17BrN2. The zero-order valence-electron chi connectivity index (χ0n) is 10.6. The molecule has 0 saturated carbocycles. The standard InChI is InChI=1S/C15H17BrN2/c1-10-5-3-4-6-13(10)15(18-17)14-8-7-12(16)9-11(14)2/h3-9,15,18H,17H2,1-2H3. The van der Waals surface area contributed by atoms with Crippen molar-refractivity contribution in [2.75, 3.05) is 0 Å². The summed E-state index contributed by atoms with van der Waals surface area (Å²) in [5, 5.41) is 0. The SMILES string of the molecule is Cc1ccccc1C(NN)c1ccc(Br)cc1C. The van der Waals surface area contributed by atoms with Gasteiger partial charge in [-0.05, 0) is 48.2 Å². The van der Waals surface area contributed by atoms with Crippen molar-refractivity contribution in [1.82, 2.24) is 5.43 Å². The van der Waals surface area contributed by atoms with Crippen LogP contribution in [0.15, 0.2) is 46.9 Å². The smallest absolute Gasteiger partial charge is 0.0715 e. The number of hydrogen-bond donors (Lipinski definition) is 2. The van der Waals surface area contributed by atoms with Gasteiger partial charge in [-0.15, -0.1) is 0 Å². The zero-order valence-corrected chi connectivity index (χ0v) is 12.2. The molecule has 0 bridgehead atoms. The first-order valence-corrected chi connectivity index (χ1v) is 6.70. The highest BCUT2D eigenvalue weighted by atomic mass is 79.9. The molecule has 0 aromatic heterocycles. The third-order valence-electron chi connectivity index (χ3n) is 3.21. The Balaban J connectivity index is 2.49. The van der Waals surface area contributed by atoms with E-state index in [9.17, 15) is 0 Å². The third-order valence-corrected chi connectivity index (χ3v) is 3.70. The minimum atomic E-state index is 0.0271. The van der Waals surface area contributed by atoms with Gasteiger partial charge >= 0.3 is 0 Å². The molecule has 0 fully saturated rings. The number of rotatable bonds is 3. The van der Waals surface area contributed by atoms with Crippen LogP contribution < -0.4 is 11.3 Å². The number of benzene rings is 2. The number of hydrazine groups is 1. The molecule has 18 heavy (non-hydrogen) atoms. The second-order valence-corrected chi connectivity index (χ2v) is 5.37. The summed E-state index contributed by atoms with van der Waals surface area (Å²) >= 11 is 3.49. The van der Waals surface area contributed by atoms with Gasteiger partial charge in [0.05, 0.1) is 6.04 Å². The van der Waals surface area contributed by atoms with E-state index in [0.29, 0.717) is 0 Å². The molecule has 1 unspecified atom stereocenters. The largest absolute Gasteiger partial charge is 0.271 e. The Hall–Kier alpha value is -1.16. The Bertz CT molecular complexity index is 552. The molecule has 0 aliphatic carbocycles. The summed E-state index contributed by atoms with van der Waals surface area (Å²) < 4.78 is 1.09. The monoisotopic (exact) mass is 304 g/mol. The van der Waals surface area contributed by atoms with Crippen LogP contribution in [0.25, 0.3) is 0 Å². The highest BCUT2D eigenvalue weighted by Gasteiger charge is 2.16. The van der Waals surface area contributed by atoms with Crippen molar-refractivity contribution in [3.05, 3.63) is 69.2 Å². The minimum absolute atomic E-state index is 0.0271. The molecule has 0 spiro atoms. The highest BCUT2D eigenvalue weighted by Crippen LogP contribution is 2.28. The van der Waals surface area contributed by atoms with E-state index >= 15 is 0 Å². The van der Waals surface area contributed by atoms with Crippen molar-refractivity contribution in [1.29, 1.82) is 0 Å². The van der Waals surface area contributed by atoms with Gasteiger partial charge in [-0.2, -0.15) is 0 Å². The van der Waals surface area contributed by atoms with Crippen LogP contribution in [0, 0.1) is 13.8 Å². The van der Waals surface area contributed by atoms with Gasteiger partial charge in [0.2, 0.25) is 0 Å². The van der Waals surface area contributed by atoms with Crippen molar-refractivity contribution in [3.8, 4) is 0 Å². The lowest BCUT2D eigenvalue weighted by molar-refractivity contribution is 0.630. The zero-order chi connectivity index (χ0) is 13.1. The van der Waals surface area contributed by atoms with Gasteiger partial charge in [0.1, 0.15) is 0 Å². The maximum absolute atomic E-state index is 5.75. The Morgan fingerprint density at radius 3 is 2.28 bits per heavy atom. The average molecular weight is 305 g/mol. The second kappa shape index (κ2) is 5.65. The van der Waals surface area contributed by atoms with Crippen molar-refractivity contribution < 1.29 is 0 Å². The summed E-state index contributed by atoms with van der Waals surface area (Å²) in [7, 11) is 0. The molecule has 1 atom stereocenters. The Morgan fingerprint density at radius 2 is 1.67 bits per heavy atom. The molecule has 0 aliphatic heterocycles. The summed E-state index contributed by atoms with van der Waals surface area (Å²) in [6.07, 6.45) is 0. The second-order valence-electron chi connectivity index (χ2n) is 4.46. The van der Waals surface area contributed by atoms with Gasteiger partial charge in [0, 0.05) is 4.47 Å². The summed E-state index contributed by atoms with van der Waals surface area (Å²) in [6.45, 7) is 4.20. The fourth-order valence-electron chi connectivity index (χ4n) is 2.22. The molecular weight excluding hydrogens is 288 g/mol. The summed E-state index contributed by atoms with van der Waals surface area (Å²) in [6, 6.07) is 14.6. The maximum atomic E-state index is 5.75. The van der Waals surface area contributed by atoms with Crippen LogP contribution in [0.2, 0.25) is 0 Å². The normalized spacial score (nSPS) is 12.4. The molecule has 3 N–H and O–H groups in total. The first kappa shape index (κ1) is 13.3. The molecule has 0 saturated heterocycles. The van der Waals surface area contributed by atoms with Crippen LogP contribution in [-0.2, 0) is 0 Å². The van der Waals surface area contributed by atoms with Gasteiger partial charge in [0.25, 0.3) is 0 Å². The fraction of sp³-hybridized carbons (Fsp3) is 0.200.